The standard InChI is InChI=1S/C21H26N4O2/c1-15-4-6-17(7-5-15)21(27)24-12-16(13-24)14-25-20(26)9-8-19(23-25)18-3-2-10-22-11-18/h2-3,8-11,15-17H,4-7,12-14H2,1H3. The third-order valence-electron chi connectivity index (χ3n) is 5.89. The van der Waals surface area contributed by atoms with Gasteiger partial charge >= 0.3 is 0 Å². The number of carbonyl (C=O) groups excluding carboxylic acids is 1. The van der Waals surface area contributed by atoms with Crippen molar-refractivity contribution in [2.24, 2.45) is 17.8 Å². The number of hydrogen-bond acceptors (Lipinski definition) is 4. The Morgan fingerprint density at radius 3 is 2.63 bits per heavy atom. The highest BCUT2D eigenvalue weighted by molar-refractivity contribution is 5.79. The highest BCUT2D eigenvalue weighted by Crippen LogP contribution is 2.31. The Hall–Kier alpha value is -2.50. The maximum Gasteiger partial charge on any atom is 0.266 e. The second-order valence-corrected chi connectivity index (χ2v) is 8.05. The molecular formula is C21H26N4O2. The van der Waals surface area contributed by atoms with Crippen molar-refractivity contribution in [1.82, 2.24) is 19.7 Å². The number of nitrogens with zero attached hydrogens (tertiary/aromatic N) is 4. The van der Waals surface area contributed by atoms with Crippen LogP contribution >= 0.6 is 0 Å². The molecule has 2 aromatic heterocycles. The van der Waals surface area contributed by atoms with Gasteiger partial charge in [0.2, 0.25) is 5.91 Å². The Bertz CT molecular complexity index is 850. The van der Waals surface area contributed by atoms with Crippen LogP contribution in [-0.2, 0) is 11.3 Å². The Morgan fingerprint density at radius 1 is 1.15 bits per heavy atom. The maximum atomic E-state index is 12.6. The van der Waals surface area contributed by atoms with Crippen LogP contribution in [-0.4, -0.2) is 38.7 Å². The summed E-state index contributed by atoms with van der Waals surface area (Å²) >= 11 is 0. The molecule has 0 unspecified atom stereocenters. The van der Waals surface area contributed by atoms with Gasteiger partial charge in [-0.15, -0.1) is 0 Å². The topological polar surface area (TPSA) is 68.1 Å². The second-order valence-electron chi connectivity index (χ2n) is 8.05. The fraction of sp³-hybridized carbons (Fsp3) is 0.524. The molecule has 2 aromatic rings. The molecule has 27 heavy (non-hydrogen) atoms. The number of likely N-dealkylation sites (tertiary alicyclic amines) is 1. The number of carbonyl (C=O) groups is 1. The minimum atomic E-state index is -0.103. The van der Waals surface area contributed by atoms with Gasteiger partial charge in [0.15, 0.2) is 0 Å². The van der Waals surface area contributed by atoms with Crippen molar-refractivity contribution in [1.29, 1.82) is 0 Å². The molecule has 1 saturated carbocycles. The number of rotatable bonds is 4. The summed E-state index contributed by atoms with van der Waals surface area (Å²) in [5.74, 6) is 1.56. The van der Waals surface area contributed by atoms with Gasteiger partial charge in [0.1, 0.15) is 0 Å². The van der Waals surface area contributed by atoms with Crippen LogP contribution in [0.15, 0.2) is 41.5 Å². The highest BCUT2D eigenvalue weighted by atomic mass is 16.2. The highest BCUT2D eigenvalue weighted by Gasteiger charge is 2.35. The van der Waals surface area contributed by atoms with Crippen molar-refractivity contribution in [3.8, 4) is 11.3 Å². The van der Waals surface area contributed by atoms with E-state index in [1.165, 1.54) is 4.68 Å². The van der Waals surface area contributed by atoms with Crippen LogP contribution in [0.25, 0.3) is 11.3 Å². The molecule has 3 heterocycles. The summed E-state index contributed by atoms with van der Waals surface area (Å²) in [6.07, 6.45) is 7.82. The van der Waals surface area contributed by atoms with E-state index in [0.717, 1.165) is 55.9 Å². The molecule has 0 bridgehead atoms. The summed E-state index contributed by atoms with van der Waals surface area (Å²) in [6, 6.07) is 7.07. The van der Waals surface area contributed by atoms with Crippen molar-refractivity contribution >= 4 is 5.91 Å². The average molecular weight is 366 g/mol. The Labute approximate surface area is 159 Å². The van der Waals surface area contributed by atoms with Crippen LogP contribution in [0, 0.1) is 17.8 Å². The van der Waals surface area contributed by atoms with Gasteiger partial charge in [0.05, 0.1) is 12.2 Å². The summed E-state index contributed by atoms with van der Waals surface area (Å²) in [4.78, 5) is 30.9. The maximum absolute atomic E-state index is 12.6. The molecule has 142 valence electrons. The third kappa shape index (κ3) is 3.94. The molecule has 1 amide bonds. The Balaban J connectivity index is 1.36. The Kier molecular flexibility index (Phi) is 5.05. The van der Waals surface area contributed by atoms with Crippen LogP contribution in [0.2, 0.25) is 0 Å². The SMILES string of the molecule is CC1CCC(C(=O)N2CC(Cn3nc(-c4cccnc4)ccc3=O)C2)CC1. The summed E-state index contributed by atoms with van der Waals surface area (Å²) in [5.41, 5.74) is 1.53. The number of aromatic nitrogens is 3. The first-order valence-corrected chi connectivity index (χ1v) is 9.87. The summed E-state index contributed by atoms with van der Waals surface area (Å²) in [6.45, 7) is 4.29. The van der Waals surface area contributed by atoms with E-state index in [1.807, 2.05) is 17.0 Å². The van der Waals surface area contributed by atoms with E-state index in [-0.39, 0.29) is 11.5 Å². The monoisotopic (exact) mass is 366 g/mol. The fourth-order valence-electron chi connectivity index (χ4n) is 4.12. The van der Waals surface area contributed by atoms with Crippen LogP contribution in [0.3, 0.4) is 0 Å². The second kappa shape index (κ2) is 7.62. The van der Waals surface area contributed by atoms with Gasteiger partial charge < -0.3 is 4.90 Å². The molecule has 0 radical (unpaired) electrons. The molecule has 1 aliphatic heterocycles. The van der Waals surface area contributed by atoms with Crippen LogP contribution in [0.1, 0.15) is 32.6 Å². The molecule has 6 nitrogen and oxygen atoms in total. The lowest BCUT2D eigenvalue weighted by Gasteiger charge is -2.42. The van der Waals surface area contributed by atoms with Gasteiger partial charge in [0, 0.05) is 48.9 Å². The van der Waals surface area contributed by atoms with E-state index >= 15 is 0 Å². The first kappa shape index (κ1) is 17.9. The minimum absolute atomic E-state index is 0.103. The zero-order valence-electron chi connectivity index (χ0n) is 15.8. The van der Waals surface area contributed by atoms with Gasteiger partial charge in [-0.2, -0.15) is 5.10 Å². The van der Waals surface area contributed by atoms with E-state index in [9.17, 15) is 9.59 Å². The molecule has 4 rings (SSSR count). The van der Waals surface area contributed by atoms with Crippen molar-refractivity contribution in [2.45, 2.75) is 39.2 Å². The zero-order valence-corrected chi connectivity index (χ0v) is 15.8. The van der Waals surface area contributed by atoms with E-state index in [2.05, 4.69) is 17.0 Å². The lowest BCUT2D eigenvalue weighted by atomic mass is 9.81. The molecule has 0 aromatic carbocycles. The normalized spacial score (nSPS) is 23.1. The molecule has 2 fully saturated rings. The first-order valence-electron chi connectivity index (χ1n) is 9.87. The van der Waals surface area contributed by atoms with Gasteiger partial charge in [-0.25, -0.2) is 4.68 Å². The third-order valence-corrected chi connectivity index (χ3v) is 5.89. The van der Waals surface area contributed by atoms with E-state index < -0.39 is 0 Å². The summed E-state index contributed by atoms with van der Waals surface area (Å²) in [5, 5.41) is 4.49. The van der Waals surface area contributed by atoms with Crippen LogP contribution in [0.5, 0.6) is 0 Å². The van der Waals surface area contributed by atoms with Crippen molar-refractivity contribution in [3.63, 3.8) is 0 Å². The smallest absolute Gasteiger partial charge is 0.266 e. The van der Waals surface area contributed by atoms with Crippen LogP contribution < -0.4 is 5.56 Å². The van der Waals surface area contributed by atoms with E-state index in [4.69, 9.17) is 0 Å². The largest absolute Gasteiger partial charge is 0.342 e. The lowest BCUT2D eigenvalue weighted by molar-refractivity contribution is -0.143. The number of pyridine rings is 1. The molecule has 1 saturated heterocycles. The number of amides is 1. The van der Waals surface area contributed by atoms with Crippen molar-refractivity contribution < 1.29 is 4.79 Å². The zero-order chi connectivity index (χ0) is 18.8. The molecule has 2 aliphatic rings. The fourth-order valence-corrected chi connectivity index (χ4v) is 4.12. The quantitative estimate of drug-likeness (QED) is 0.834. The first-order chi connectivity index (χ1) is 13.1. The van der Waals surface area contributed by atoms with E-state index in [1.54, 1.807) is 24.5 Å². The van der Waals surface area contributed by atoms with Gasteiger partial charge in [-0.3, -0.25) is 14.6 Å². The molecular weight excluding hydrogens is 340 g/mol. The summed E-state index contributed by atoms with van der Waals surface area (Å²) < 4.78 is 1.52. The number of hydrogen-bond donors (Lipinski definition) is 0. The van der Waals surface area contributed by atoms with E-state index in [0.29, 0.717) is 18.4 Å². The predicted molar refractivity (Wildman–Crippen MR) is 103 cm³/mol. The molecule has 0 N–H and O–H groups in total. The van der Waals surface area contributed by atoms with Gasteiger partial charge in [-0.05, 0) is 49.8 Å². The predicted octanol–water partition coefficient (Wildman–Crippen LogP) is 2.59. The van der Waals surface area contributed by atoms with Crippen molar-refractivity contribution in [3.05, 3.63) is 47.0 Å². The van der Waals surface area contributed by atoms with Crippen LogP contribution in [0.4, 0.5) is 0 Å². The molecule has 0 spiro atoms. The lowest BCUT2D eigenvalue weighted by Crippen LogP contribution is -2.54. The van der Waals surface area contributed by atoms with Crippen molar-refractivity contribution in [2.75, 3.05) is 13.1 Å². The molecule has 0 atom stereocenters. The van der Waals surface area contributed by atoms with Gasteiger partial charge in [-0.1, -0.05) is 6.92 Å². The summed E-state index contributed by atoms with van der Waals surface area (Å²) in [7, 11) is 0. The average Bonchev–Trinajstić information content (AvgIpc) is 2.66. The molecule has 6 heteroatoms. The molecule has 1 aliphatic carbocycles. The van der Waals surface area contributed by atoms with Gasteiger partial charge in [0.25, 0.3) is 5.56 Å². The Morgan fingerprint density at radius 2 is 1.93 bits per heavy atom. The minimum Gasteiger partial charge on any atom is -0.342 e.